The Balaban J connectivity index is 1.42. The Morgan fingerprint density at radius 1 is 0.638 bits per heavy atom. The molecule has 300 valence electrons. The number of benzene rings is 5. The molecule has 0 aliphatic carbocycles. The van der Waals surface area contributed by atoms with Gasteiger partial charge < -0.3 is 28.1 Å². The highest BCUT2D eigenvalue weighted by Gasteiger charge is 2.57. The molecule has 58 heavy (non-hydrogen) atoms. The second-order valence-corrected chi connectivity index (χ2v) is 19.6. The zero-order chi connectivity index (χ0) is 40.9. The Labute approximate surface area is 340 Å². The van der Waals surface area contributed by atoms with E-state index in [1.807, 2.05) is 115 Å². The fourth-order valence-electron chi connectivity index (χ4n) is 8.26. The van der Waals surface area contributed by atoms with Crippen LogP contribution in [0.2, 0.25) is 5.04 Å². The van der Waals surface area contributed by atoms with Crippen LogP contribution in [0, 0.1) is 0 Å². The Bertz CT molecular complexity index is 2280. The summed E-state index contributed by atoms with van der Waals surface area (Å²) in [5, 5.41) is 1.75. The maximum absolute atomic E-state index is 13.5. The molecular formula is C47H50N2O8Si. The highest BCUT2D eigenvalue weighted by molar-refractivity contribution is 6.99. The van der Waals surface area contributed by atoms with E-state index in [1.165, 1.54) is 16.8 Å². The number of ether oxygens (including phenoxy) is 5. The summed E-state index contributed by atoms with van der Waals surface area (Å²) in [5.41, 5.74) is 0.276. The maximum atomic E-state index is 13.5. The molecule has 1 aliphatic rings. The lowest BCUT2D eigenvalue weighted by Gasteiger charge is -2.46. The van der Waals surface area contributed by atoms with Crippen molar-refractivity contribution in [3.63, 3.8) is 0 Å². The SMILES string of the molecule is COc1ccc(C(OC[C@H]2O[C@@H](n3ccc(=O)[nH]c3=O)[C@H](OC)[C@@H]2O[Si](c2ccccc2)(c2ccccc2)C(C)(C)C)(c2ccccc2)c2ccc(OC)cc2)cc1. The van der Waals surface area contributed by atoms with Gasteiger partial charge in [-0.2, -0.15) is 0 Å². The van der Waals surface area contributed by atoms with Gasteiger partial charge in [-0.05, 0) is 56.4 Å². The average Bonchev–Trinajstić information content (AvgIpc) is 3.60. The van der Waals surface area contributed by atoms with E-state index in [1.54, 1.807) is 21.3 Å². The van der Waals surface area contributed by atoms with E-state index in [-0.39, 0.29) is 6.61 Å². The predicted octanol–water partition coefficient (Wildman–Crippen LogP) is 6.42. The van der Waals surface area contributed by atoms with Crippen LogP contribution in [0.3, 0.4) is 0 Å². The van der Waals surface area contributed by atoms with Crippen LogP contribution in [-0.4, -0.2) is 64.1 Å². The summed E-state index contributed by atoms with van der Waals surface area (Å²) in [6.45, 7) is 6.63. The maximum Gasteiger partial charge on any atom is 0.330 e. The average molecular weight is 799 g/mol. The van der Waals surface area contributed by atoms with Gasteiger partial charge in [-0.15, -0.1) is 0 Å². The van der Waals surface area contributed by atoms with Crippen LogP contribution in [0.15, 0.2) is 161 Å². The number of hydrogen-bond donors (Lipinski definition) is 1. The molecule has 5 aromatic carbocycles. The fraction of sp³-hybridized carbons (Fsp3) is 0.277. The van der Waals surface area contributed by atoms with Crippen LogP contribution in [0.5, 0.6) is 11.5 Å². The van der Waals surface area contributed by atoms with Gasteiger partial charge in [0.25, 0.3) is 13.9 Å². The molecule has 0 unspecified atom stereocenters. The van der Waals surface area contributed by atoms with E-state index in [0.29, 0.717) is 11.5 Å². The third-order valence-corrected chi connectivity index (χ3v) is 16.1. The van der Waals surface area contributed by atoms with E-state index in [0.717, 1.165) is 27.1 Å². The number of nitrogens with one attached hydrogen (secondary N) is 1. The molecule has 0 amide bonds. The van der Waals surface area contributed by atoms with Crippen molar-refractivity contribution in [2.24, 2.45) is 0 Å². The third-order valence-electron chi connectivity index (χ3n) is 11.1. The molecule has 0 saturated carbocycles. The van der Waals surface area contributed by atoms with Crippen LogP contribution >= 0.6 is 0 Å². The molecule has 0 radical (unpaired) electrons. The van der Waals surface area contributed by atoms with Gasteiger partial charge in [0, 0.05) is 19.4 Å². The van der Waals surface area contributed by atoms with E-state index in [2.05, 4.69) is 50.0 Å². The Hall–Kier alpha value is -5.56. The number of aromatic amines is 1. The lowest BCUT2D eigenvalue weighted by atomic mass is 9.80. The Kier molecular flexibility index (Phi) is 12.0. The van der Waals surface area contributed by atoms with Gasteiger partial charge in [-0.3, -0.25) is 14.3 Å². The van der Waals surface area contributed by atoms with Gasteiger partial charge in [0.05, 0.1) is 20.8 Å². The van der Waals surface area contributed by atoms with E-state index >= 15 is 0 Å². The molecule has 1 aromatic heterocycles. The summed E-state index contributed by atoms with van der Waals surface area (Å²) in [7, 11) is 1.62. The summed E-state index contributed by atoms with van der Waals surface area (Å²) >= 11 is 0. The van der Waals surface area contributed by atoms with Gasteiger partial charge >= 0.3 is 5.69 Å². The van der Waals surface area contributed by atoms with Crippen molar-refractivity contribution < 1.29 is 28.1 Å². The van der Waals surface area contributed by atoms with Crippen LogP contribution in [0.1, 0.15) is 43.7 Å². The van der Waals surface area contributed by atoms with Crippen molar-refractivity contribution in [1.82, 2.24) is 9.55 Å². The van der Waals surface area contributed by atoms with Crippen LogP contribution < -0.4 is 31.1 Å². The summed E-state index contributed by atoms with van der Waals surface area (Å²) in [4.78, 5) is 28.1. The lowest BCUT2D eigenvalue weighted by molar-refractivity contribution is -0.0957. The second kappa shape index (κ2) is 17.1. The molecule has 1 aliphatic heterocycles. The number of nitrogens with zero attached hydrogens (tertiary/aromatic N) is 1. The normalized spacial score (nSPS) is 18.5. The summed E-state index contributed by atoms with van der Waals surface area (Å²) in [6, 6.07) is 47.7. The smallest absolute Gasteiger partial charge is 0.330 e. The van der Waals surface area contributed by atoms with Crippen molar-refractivity contribution >= 4 is 18.7 Å². The summed E-state index contributed by atoms with van der Waals surface area (Å²) in [6.07, 6.45) is -1.88. The molecular weight excluding hydrogens is 749 g/mol. The standard InChI is InChI=1S/C47H50N2O8Si/c1-46(2,3)58(38-18-12-8-13-19-38,39-20-14-9-15-21-39)57-42-40(56-44(43(42)54-6)49-31-30-41(50)48-45(49)51)32-55-47(33-16-10-7-11-17-33,34-22-26-36(52-4)27-23-34)35-24-28-37(53-5)29-25-35/h7-31,40,42-44H,32H2,1-6H3,(H,48,50,51)/t40-,42-,43-,44-/m1/s1. The highest BCUT2D eigenvalue weighted by atomic mass is 28.4. The molecule has 11 heteroatoms. The monoisotopic (exact) mass is 798 g/mol. The number of aromatic nitrogens is 2. The molecule has 10 nitrogen and oxygen atoms in total. The van der Waals surface area contributed by atoms with Gasteiger partial charge in [-0.25, -0.2) is 4.79 Å². The predicted molar refractivity (Wildman–Crippen MR) is 227 cm³/mol. The minimum absolute atomic E-state index is 0.00425. The summed E-state index contributed by atoms with van der Waals surface area (Å²) in [5.74, 6) is 1.41. The fourth-order valence-corrected chi connectivity index (χ4v) is 13.0. The van der Waals surface area contributed by atoms with Crippen LogP contribution in [0.25, 0.3) is 0 Å². The number of hydrogen-bond acceptors (Lipinski definition) is 8. The molecule has 7 rings (SSSR count). The third kappa shape index (κ3) is 7.59. The van der Waals surface area contributed by atoms with Gasteiger partial charge in [0.1, 0.15) is 35.4 Å². The van der Waals surface area contributed by atoms with Crippen molar-refractivity contribution in [3.8, 4) is 11.5 Å². The largest absolute Gasteiger partial charge is 0.497 e. The van der Waals surface area contributed by atoms with Crippen molar-refractivity contribution in [1.29, 1.82) is 0 Å². The van der Waals surface area contributed by atoms with E-state index < -0.39 is 54.7 Å². The molecule has 4 atom stereocenters. The first-order valence-electron chi connectivity index (χ1n) is 19.3. The minimum atomic E-state index is -3.24. The minimum Gasteiger partial charge on any atom is -0.497 e. The Morgan fingerprint density at radius 3 is 1.57 bits per heavy atom. The van der Waals surface area contributed by atoms with E-state index in [4.69, 9.17) is 28.1 Å². The van der Waals surface area contributed by atoms with Crippen LogP contribution in [-0.2, 0) is 24.2 Å². The first-order chi connectivity index (χ1) is 28.0. The first-order valence-corrected chi connectivity index (χ1v) is 21.2. The van der Waals surface area contributed by atoms with Crippen molar-refractivity contribution in [2.75, 3.05) is 27.9 Å². The molecule has 6 aromatic rings. The highest BCUT2D eigenvalue weighted by Crippen LogP contribution is 2.45. The quantitative estimate of drug-likeness (QED) is 0.0994. The first kappa shape index (κ1) is 40.6. The van der Waals surface area contributed by atoms with Gasteiger partial charge in [-0.1, -0.05) is 136 Å². The van der Waals surface area contributed by atoms with E-state index in [9.17, 15) is 9.59 Å². The van der Waals surface area contributed by atoms with Gasteiger partial charge in [0.2, 0.25) is 0 Å². The molecule has 2 heterocycles. The van der Waals surface area contributed by atoms with Crippen molar-refractivity contribution in [2.45, 2.75) is 56.0 Å². The molecule has 1 fully saturated rings. The number of H-pyrrole nitrogens is 1. The topological polar surface area (TPSA) is 110 Å². The number of methoxy groups -OCH3 is 3. The summed E-state index contributed by atoms with van der Waals surface area (Å²) < 4.78 is 41.0. The zero-order valence-corrected chi connectivity index (χ0v) is 34.7. The Morgan fingerprint density at radius 2 is 1.12 bits per heavy atom. The number of rotatable bonds is 14. The lowest BCUT2D eigenvalue weighted by Crippen LogP contribution is -2.69. The molecule has 0 bridgehead atoms. The molecule has 1 N–H and O–H groups in total. The van der Waals surface area contributed by atoms with Crippen LogP contribution in [0.4, 0.5) is 0 Å². The zero-order valence-electron chi connectivity index (χ0n) is 33.7. The molecule has 0 spiro atoms. The van der Waals surface area contributed by atoms with Gasteiger partial charge in [0.15, 0.2) is 6.23 Å². The van der Waals surface area contributed by atoms with Crippen molar-refractivity contribution in [3.05, 3.63) is 189 Å². The second-order valence-electron chi connectivity index (χ2n) is 15.3. The molecule has 1 saturated heterocycles.